The summed E-state index contributed by atoms with van der Waals surface area (Å²) in [6.45, 7) is 3.74. The lowest BCUT2D eigenvalue weighted by atomic mass is 9.82. The number of hydrogen-bond acceptors (Lipinski definition) is 6. The number of carbonyl (C=O) groups is 2. The number of benzene rings is 2. The van der Waals surface area contributed by atoms with Crippen LogP contribution in [0, 0.1) is 5.41 Å². The third-order valence-electron chi connectivity index (χ3n) is 7.38. The van der Waals surface area contributed by atoms with Gasteiger partial charge in [-0.3, -0.25) is 14.4 Å². The van der Waals surface area contributed by atoms with Gasteiger partial charge in [-0.1, -0.05) is 30.3 Å². The van der Waals surface area contributed by atoms with Crippen LogP contribution in [-0.2, 0) is 11.8 Å². The summed E-state index contributed by atoms with van der Waals surface area (Å²) in [5.74, 6) is -0.399. The first-order valence-corrected chi connectivity index (χ1v) is 13.4. The maximum absolute atomic E-state index is 14.0. The molecule has 0 radical (unpaired) electrons. The Kier molecular flexibility index (Phi) is 5.91. The average Bonchev–Trinajstić information content (AvgIpc) is 3.66. The van der Waals surface area contributed by atoms with Crippen molar-refractivity contribution in [3.8, 4) is 5.69 Å². The lowest BCUT2D eigenvalue weighted by Gasteiger charge is -2.30. The Balaban J connectivity index is 1.44. The van der Waals surface area contributed by atoms with Gasteiger partial charge in [-0.15, -0.1) is 11.3 Å². The van der Waals surface area contributed by atoms with Gasteiger partial charge in [0.05, 0.1) is 40.4 Å². The number of thiazole rings is 1. The highest BCUT2D eigenvalue weighted by atomic mass is 32.1. The van der Waals surface area contributed by atoms with Gasteiger partial charge >= 0.3 is 0 Å². The van der Waals surface area contributed by atoms with Gasteiger partial charge in [0.15, 0.2) is 0 Å². The molecule has 1 saturated heterocycles. The van der Waals surface area contributed by atoms with E-state index in [4.69, 9.17) is 0 Å². The van der Waals surface area contributed by atoms with Crippen molar-refractivity contribution < 1.29 is 9.59 Å². The number of carbonyl (C=O) groups excluding carboxylic acids is 2. The molecule has 6 rings (SSSR count). The van der Waals surface area contributed by atoms with Crippen molar-refractivity contribution in [1.82, 2.24) is 24.6 Å². The summed E-state index contributed by atoms with van der Waals surface area (Å²) in [5, 5.41) is 10.2. The van der Waals surface area contributed by atoms with Crippen LogP contribution in [0.4, 0.5) is 5.69 Å². The summed E-state index contributed by atoms with van der Waals surface area (Å²) < 4.78 is 3.27. The molecule has 3 aromatic heterocycles. The SMILES string of the molecule is Cn1cc(-n2ncc3cc(N4C(=O)C(C)(C)[C@H](NC(=O)c5cscn5)[C@H]4c4ccccc4)ccc32)ccc1=O. The van der Waals surface area contributed by atoms with Gasteiger partial charge in [0.25, 0.3) is 5.91 Å². The molecule has 2 amide bonds. The molecule has 1 aliphatic rings. The number of aryl methyl sites for hydroxylation is 1. The van der Waals surface area contributed by atoms with E-state index in [9.17, 15) is 14.4 Å². The summed E-state index contributed by atoms with van der Waals surface area (Å²) in [5.41, 5.74) is 4.18. The molecule has 39 heavy (non-hydrogen) atoms. The maximum Gasteiger partial charge on any atom is 0.271 e. The second-order valence-corrected chi connectivity index (χ2v) is 10.9. The quantitative estimate of drug-likeness (QED) is 0.363. The van der Waals surface area contributed by atoms with Crippen molar-refractivity contribution in [2.24, 2.45) is 12.5 Å². The normalized spacial score (nSPS) is 18.5. The molecule has 4 heterocycles. The van der Waals surface area contributed by atoms with Gasteiger partial charge < -0.3 is 14.8 Å². The number of anilines is 1. The van der Waals surface area contributed by atoms with Crippen molar-refractivity contribution >= 4 is 39.7 Å². The highest BCUT2D eigenvalue weighted by Gasteiger charge is 2.55. The Morgan fingerprint density at radius 3 is 2.51 bits per heavy atom. The van der Waals surface area contributed by atoms with Crippen LogP contribution in [0.3, 0.4) is 0 Å². The second-order valence-electron chi connectivity index (χ2n) is 10.2. The minimum Gasteiger partial charge on any atom is -0.344 e. The zero-order valence-electron chi connectivity index (χ0n) is 21.6. The average molecular weight is 539 g/mol. The number of rotatable bonds is 5. The van der Waals surface area contributed by atoms with Crippen LogP contribution in [0.1, 0.15) is 35.9 Å². The fourth-order valence-electron chi connectivity index (χ4n) is 5.26. The lowest BCUT2D eigenvalue weighted by molar-refractivity contribution is -0.124. The largest absolute Gasteiger partial charge is 0.344 e. The Morgan fingerprint density at radius 1 is 1.03 bits per heavy atom. The zero-order valence-corrected chi connectivity index (χ0v) is 22.4. The van der Waals surface area contributed by atoms with Gasteiger partial charge in [-0.05, 0) is 43.7 Å². The van der Waals surface area contributed by atoms with E-state index in [1.165, 1.54) is 22.0 Å². The number of pyridine rings is 1. The smallest absolute Gasteiger partial charge is 0.271 e. The molecular formula is C29H26N6O3S. The van der Waals surface area contributed by atoms with Gasteiger partial charge in [0.2, 0.25) is 11.5 Å². The van der Waals surface area contributed by atoms with Crippen LogP contribution < -0.4 is 15.8 Å². The van der Waals surface area contributed by atoms with Gasteiger partial charge in [0.1, 0.15) is 5.69 Å². The highest BCUT2D eigenvalue weighted by molar-refractivity contribution is 7.07. The van der Waals surface area contributed by atoms with E-state index in [0.29, 0.717) is 11.4 Å². The number of aromatic nitrogens is 4. The van der Waals surface area contributed by atoms with Gasteiger partial charge in [0, 0.05) is 35.8 Å². The summed E-state index contributed by atoms with van der Waals surface area (Å²) in [6.07, 6.45) is 3.48. The predicted molar refractivity (Wildman–Crippen MR) is 150 cm³/mol. The van der Waals surface area contributed by atoms with E-state index in [0.717, 1.165) is 22.2 Å². The van der Waals surface area contributed by atoms with Crippen molar-refractivity contribution in [2.75, 3.05) is 4.90 Å². The summed E-state index contributed by atoms with van der Waals surface area (Å²) in [7, 11) is 1.70. The maximum atomic E-state index is 14.0. The number of amides is 2. The number of nitrogens with zero attached hydrogens (tertiary/aromatic N) is 5. The topological polar surface area (TPSA) is 102 Å². The molecule has 0 saturated carbocycles. The Bertz CT molecular complexity index is 1760. The first-order valence-electron chi connectivity index (χ1n) is 12.5. The monoisotopic (exact) mass is 538 g/mol. The van der Waals surface area contributed by atoms with E-state index in [1.807, 2.05) is 62.4 Å². The van der Waals surface area contributed by atoms with E-state index < -0.39 is 17.5 Å². The minimum absolute atomic E-state index is 0.0928. The molecule has 0 bridgehead atoms. The Labute approximate surface area is 228 Å². The second kappa shape index (κ2) is 9.32. The van der Waals surface area contributed by atoms with Crippen LogP contribution in [-0.4, -0.2) is 37.2 Å². The molecular weight excluding hydrogens is 512 g/mol. The first kappa shape index (κ1) is 24.7. The molecule has 2 atom stereocenters. The molecule has 0 aliphatic carbocycles. The van der Waals surface area contributed by atoms with Gasteiger partial charge in [-0.2, -0.15) is 5.10 Å². The zero-order chi connectivity index (χ0) is 27.3. The van der Waals surface area contributed by atoms with E-state index >= 15 is 0 Å². The third kappa shape index (κ3) is 4.13. The Morgan fingerprint density at radius 2 is 1.79 bits per heavy atom. The van der Waals surface area contributed by atoms with E-state index in [1.54, 1.807) is 46.0 Å². The summed E-state index contributed by atoms with van der Waals surface area (Å²) in [6, 6.07) is 17.8. The Hall–Kier alpha value is -4.57. The van der Waals surface area contributed by atoms with Crippen LogP contribution in [0.25, 0.3) is 16.6 Å². The summed E-state index contributed by atoms with van der Waals surface area (Å²) in [4.78, 5) is 44.9. The minimum atomic E-state index is -0.889. The van der Waals surface area contributed by atoms with Crippen LogP contribution in [0.2, 0.25) is 0 Å². The van der Waals surface area contributed by atoms with Crippen LogP contribution in [0.15, 0.2) is 88.7 Å². The third-order valence-corrected chi connectivity index (χ3v) is 7.97. The van der Waals surface area contributed by atoms with Crippen molar-refractivity contribution in [3.05, 3.63) is 106 Å². The molecule has 2 aromatic carbocycles. The molecule has 1 aliphatic heterocycles. The van der Waals surface area contributed by atoms with Crippen molar-refractivity contribution in [3.63, 3.8) is 0 Å². The van der Waals surface area contributed by atoms with Crippen LogP contribution >= 0.6 is 11.3 Å². The fraction of sp³-hybridized carbons (Fsp3) is 0.207. The van der Waals surface area contributed by atoms with Crippen LogP contribution in [0.5, 0.6) is 0 Å². The first-order chi connectivity index (χ1) is 18.8. The van der Waals surface area contributed by atoms with Gasteiger partial charge in [-0.25, -0.2) is 9.67 Å². The fourth-order valence-corrected chi connectivity index (χ4v) is 5.79. The molecule has 1 N–H and O–H groups in total. The highest BCUT2D eigenvalue weighted by Crippen LogP contribution is 2.47. The number of nitrogens with one attached hydrogen (secondary N) is 1. The standard InChI is InChI=1S/C29H26N6O3S/c1-29(2)26(32-27(37)22-16-39-17-30-22)25(18-7-5-4-6-8-18)34(28(29)38)20-9-11-23-19(13-20)14-31-35(23)21-10-12-24(36)33(3)15-21/h4-17,25-26H,1-3H3,(H,32,37)/t25-,26-/m1/s1. The van der Waals surface area contributed by atoms with E-state index in [-0.39, 0.29) is 17.4 Å². The van der Waals surface area contributed by atoms with Crippen molar-refractivity contribution in [2.45, 2.75) is 25.9 Å². The number of fused-ring (bicyclic) bond motifs is 1. The molecule has 0 unspecified atom stereocenters. The molecule has 1 fully saturated rings. The molecule has 9 nitrogen and oxygen atoms in total. The molecule has 0 spiro atoms. The predicted octanol–water partition coefficient (Wildman–Crippen LogP) is 4.09. The number of hydrogen-bond donors (Lipinski definition) is 1. The lowest BCUT2D eigenvalue weighted by Crippen LogP contribution is -2.46. The van der Waals surface area contributed by atoms with Crippen molar-refractivity contribution in [1.29, 1.82) is 0 Å². The molecule has 5 aromatic rings. The molecule has 196 valence electrons. The molecule has 10 heteroatoms. The summed E-state index contributed by atoms with van der Waals surface area (Å²) >= 11 is 1.35. The van der Waals surface area contributed by atoms with E-state index in [2.05, 4.69) is 15.4 Å².